The summed E-state index contributed by atoms with van der Waals surface area (Å²) in [5, 5.41) is 14.1. The van der Waals surface area contributed by atoms with E-state index in [1.54, 1.807) is 43.5 Å². The van der Waals surface area contributed by atoms with Gasteiger partial charge in [-0.15, -0.1) is 10.2 Å². The van der Waals surface area contributed by atoms with Gasteiger partial charge in [0.25, 0.3) is 5.91 Å². The number of nitrogens with one attached hydrogen (secondary N) is 2. The fourth-order valence-electron chi connectivity index (χ4n) is 2.40. The van der Waals surface area contributed by atoms with E-state index >= 15 is 0 Å². The molecule has 0 saturated carbocycles. The first-order valence-corrected chi connectivity index (χ1v) is 8.31. The van der Waals surface area contributed by atoms with Crippen LogP contribution < -0.4 is 15.4 Å². The lowest BCUT2D eigenvalue weighted by Gasteiger charge is -2.07. The van der Waals surface area contributed by atoms with E-state index in [1.807, 2.05) is 18.2 Å². The number of nitrogens with zero attached hydrogens (tertiary/aromatic N) is 2. The second-order valence-corrected chi connectivity index (χ2v) is 5.65. The van der Waals surface area contributed by atoms with Crippen molar-refractivity contribution in [3.05, 3.63) is 77.9 Å². The van der Waals surface area contributed by atoms with Crippen LogP contribution in [0.5, 0.6) is 5.75 Å². The molecule has 0 aliphatic carbocycles. The molecule has 0 unspecified atom stereocenters. The van der Waals surface area contributed by atoms with Crippen LogP contribution in [0.4, 0.5) is 11.6 Å². The van der Waals surface area contributed by atoms with Crippen molar-refractivity contribution in [2.45, 2.75) is 6.42 Å². The van der Waals surface area contributed by atoms with Crippen LogP contribution in [0.1, 0.15) is 15.9 Å². The van der Waals surface area contributed by atoms with Gasteiger partial charge in [0.2, 0.25) is 0 Å². The summed E-state index contributed by atoms with van der Waals surface area (Å²) in [6.45, 7) is 0.760. The minimum absolute atomic E-state index is 0.244. The Kier molecular flexibility index (Phi) is 5.77. The first-order valence-electron chi connectivity index (χ1n) is 8.31. The Morgan fingerprint density at radius 1 is 0.923 bits per heavy atom. The summed E-state index contributed by atoms with van der Waals surface area (Å²) in [5.41, 5.74) is 1.79. The molecule has 0 atom stereocenters. The fourth-order valence-corrected chi connectivity index (χ4v) is 2.40. The molecular formula is C20H20N4O2. The third-order valence-corrected chi connectivity index (χ3v) is 3.82. The monoisotopic (exact) mass is 348 g/mol. The first kappa shape index (κ1) is 17.4. The third kappa shape index (κ3) is 4.80. The van der Waals surface area contributed by atoms with Crippen LogP contribution in [0, 0.1) is 0 Å². The molecule has 0 fully saturated rings. The van der Waals surface area contributed by atoms with E-state index in [4.69, 9.17) is 4.74 Å². The normalized spacial score (nSPS) is 10.2. The SMILES string of the molecule is COc1ccc(C(=O)Nc2ccc(NCCc3ccccc3)nn2)cc1. The van der Waals surface area contributed by atoms with Crippen LogP contribution in [-0.2, 0) is 6.42 Å². The Hall–Kier alpha value is -3.41. The Labute approximate surface area is 152 Å². The van der Waals surface area contributed by atoms with Crippen molar-refractivity contribution in [1.82, 2.24) is 10.2 Å². The van der Waals surface area contributed by atoms with Crippen LogP contribution in [0.25, 0.3) is 0 Å². The number of benzene rings is 2. The van der Waals surface area contributed by atoms with Gasteiger partial charge in [0, 0.05) is 12.1 Å². The van der Waals surface area contributed by atoms with Gasteiger partial charge < -0.3 is 15.4 Å². The maximum Gasteiger partial charge on any atom is 0.256 e. The van der Waals surface area contributed by atoms with Crippen LogP contribution in [-0.4, -0.2) is 29.8 Å². The summed E-state index contributed by atoms with van der Waals surface area (Å²) in [6, 6.07) is 20.6. The molecule has 2 N–H and O–H groups in total. The van der Waals surface area contributed by atoms with Crippen molar-refractivity contribution >= 4 is 17.5 Å². The Balaban J connectivity index is 1.51. The van der Waals surface area contributed by atoms with Crippen molar-refractivity contribution in [3.63, 3.8) is 0 Å². The highest BCUT2D eigenvalue weighted by Crippen LogP contribution is 2.13. The highest BCUT2D eigenvalue weighted by molar-refractivity contribution is 6.03. The molecule has 0 saturated heterocycles. The molecule has 3 rings (SSSR count). The van der Waals surface area contributed by atoms with E-state index in [0.29, 0.717) is 22.9 Å². The number of hydrogen-bond donors (Lipinski definition) is 2. The van der Waals surface area contributed by atoms with E-state index in [0.717, 1.165) is 13.0 Å². The summed E-state index contributed by atoms with van der Waals surface area (Å²) in [6.07, 6.45) is 0.901. The third-order valence-electron chi connectivity index (χ3n) is 3.82. The zero-order chi connectivity index (χ0) is 18.2. The first-order chi connectivity index (χ1) is 12.7. The molecule has 26 heavy (non-hydrogen) atoms. The van der Waals surface area contributed by atoms with Gasteiger partial charge in [-0.05, 0) is 48.4 Å². The smallest absolute Gasteiger partial charge is 0.256 e. The number of carbonyl (C=O) groups excluding carboxylic acids is 1. The van der Waals surface area contributed by atoms with Crippen molar-refractivity contribution in [2.75, 3.05) is 24.3 Å². The lowest BCUT2D eigenvalue weighted by atomic mass is 10.1. The molecule has 0 spiro atoms. The highest BCUT2D eigenvalue weighted by Gasteiger charge is 2.07. The van der Waals surface area contributed by atoms with Gasteiger partial charge in [-0.3, -0.25) is 4.79 Å². The number of amides is 1. The largest absolute Gasteiger partial charge is 0.497 e. The van der Waals surface area contributed by atoms with Gasteiger partial charge in [-0.25, -0.2) is 0 Å². The molecule has 3 aromatic rings. The summed E-state index contributed by atoms with van der Waals surface area (Å²) in [7, 11) is 1.58. The molecule has 0 aliphatic heterocycles. The molecule has 0 radical (unpaired) electrons. The van der Waals surface area contributed by atoms with Gasteiger partial charge in [0.05, 0.1) is 7.11 Å². The summed E-state index contributed by atoms with van der Waals surface area (Å²) in [4.78, 5) is 12.2. The second kappa shape index (κ2) is 8.62. The van der Waals surface area contributed by atoms with Crippen LogP contribution >= 0.6 is 0 Å². The zero-order valence-corrected chi connectivity index (χ0v) is 14.5. The molecule has 6 heteroatoms. The molecule has 0 aliphatic rings. The standard InChI is InChI=1S/C20H20N4O2/c1-26-17-9-7-16(8-10-17)20(25)22-19-12-11-18(23-24-19)21-14-13-15-5-3-2-4-6-15/h2-12H,13-14H2,1H3,(H,21,23)(H,22,24,25). The van der Waals surface area contributed by atoms with E-state index < -0.39 is 0 Å². The second-order valence-electron chi connectivity index (χ2n) is 5.65. The van der Waals surface area contributed by atoms with E-state index in [1.165, 1.54) is 5.56 Å². The van der Waals surface area contributed by atoms with Gasteiger partial charge in [-0.1, -0.05) is 30.3 Å². The molecule has 1 aromatic heterocycles. The number of carbonyl (C=O) groups is 1. The summed E-state index contributed by atoms with van der Waals surface area (Å²) < 4.78 is 5.08. The van der Waals surface area contributed by atoms with Crippen LogP contribution in [0.3, 0.4) is 0 Å². The molecule has 6 nitrogen and oxygen atoms in total. The van der Waals surface area contributed by atoms with Gasteiger partial charge in [-0.2, -0.15) is 0 Å². The number of methoxy groups -OCH3 is 1. The Morgan fingerprint density at radius 2 is 1.62 bits per heavy atom. The number of anilines is 2. The zero-order valence-electron chi connectivity index (χ0n) is 14.5. The molecule has 132 valence electrons. The Morgan fingerprint density at radius 3 is 2.27 bits per heavy atom. The molecular weight excluding hydrogens is 328 g/mol. The van der Waals surface area contributed by atoms with Crippen molar-refractivity contribution in [1.29, 1.82) is 0 Å². The predicted molar refractivity (Wildman–Crippen MR) is 102 cm³/mol. The lowest BCUT2D eigenvalue weighted by Crippen LogP contribution is -2.14. The van der Waals surface area contributed by atoms with Gasteiger partial charge in [0.15, 0.2) is 5.82 Å². The highest BCUT2D eigenvalue weighted by atomic mass is 16.5. The van der Waals surface area contributed by atoms with Crippen LogP contribution in [0.15, 0.2) is 66.7 Å². The molecule has 1 heterocycles. The van der Waals surface area contributed by atoms with E-state index in [2.05, 4.69) is 33.0 Å². The molecule has 0 bridgehead atoms. The lowest BCUT2D eigenvalue weighted by molar-refractivity contribution is 0.102. The topological polar surface area (TPSA) is 76.1 Å². The van der Waals surface area contributed by atoms with Crippen molar-refractivity contribution in [2.24, 2.45) is 0 Å². The quantitative estimate of drug-likeness (QED) is 0.684. The minimum atomic E-state index is -0.244. The number of rotatable bonds is 7. The average Bonchev–Trinajstić information content (AvgIpc) is 2.70. The maximum absolute atomic E-state index is 12.2. The van der Waals surface area contributed by atoms with Gasteiger partial charge in [0.1, 0.15) is 11.6 Å². The van der Waals surface area contributed by atoms with Crippen molar-refractivity contribution in [3.8, 4) is 5.75 Å². The average molecular weight is 348 g/mol. The number of aromatic nitrogens is 2. The Bertz CT molecular complexity index is 834. The molecule has 2 aromatic carbocycles. The van der Waals surface area contributed by atoms with Gasteiger partial charge >= 0.3 is 0 Å². The summed E-state index contributed by atoms with van der Waals surface area (Å²) in [5.74, 6) is 1.53. The van der Waals surface area contributed by atoms with Crippen LogP contribution in [0.2, 0.25) is 0 Å². The van der Waals surface area contributed by atoms with E-state index in [-0.39, 0.29) is 5.91 Å². The predicted octanol–water partition coefficient (Wildman–Crippen LogP) is 3.39. The minimum Gasteiger partial charge on any atom is -0.497 e. The fraction of sp³-hybridized carbons (Fsp3) is 0.150. The molecule has 1 amide bonds. The summed E-state index contributed by atoms with van der Waals surface area (Å²) >= 11 is 0. The maximum atomic E-state index is 12.2. The van der Waals surface area contributed by atoms with Crippen molar-refractivity contribution < 1.29 is 9.53 Å². The van der Waals surface area contributed by atoms with E-state index in [9.17, 15) is 4.79 Å². The number of ether oxygens (including phenoxy) is 1. The number of hydrogen-bond acceptors (Lipinski definition) is 5.